The van der Waals surface area contributed by atoms with Gasteiger partial charge < -0.3 is 10.5 Å². The van der Waals surface area contributed by atoms with Crippen LogP contribution in [0, 0.1) is 0 Å². The second kappa shape index (κ2) is 7.55. The summed E-state index contributed by atoms with van der Waals surface area (Å²) < 4.78 is 31.8. The third-order valence-electron chi connectivity index (χ3n) is 4.15. The maximum Gasteiger partial charge on any atom is 0.334 e. The van der Waals surface area contributed by atoms with E-state index in [0.29, 0.717) is 26.3 Å². The number of halogens is 3. The molecule has 11 heteroatoms. The zero-order chi connectivity index (χ0) is 20.5. The van der Waals surface area contributed by atoms with Crippen molar-refractivity contribution in [2.75, 3.05) is 5.73 Å². The van der Waals surface area contributed by atoms with E-state index in [9.17, 15) is 8.78 Å². The Morgan fingerprint density at radius 3 is 2.72 bits per heavy atom. The Balaban J connectivity index is 1.76. The zero-order valence-electron chi connectivity index (χ0n) is 15.0. The lowest BCUT2D eigenvalue weighted by Crippen LogP contribution is -2.09. The van der Waals surface area contributed by atoms with Gasteiger partial charge in [-0.05, 0) is 19.1 Å². The molecule has 0 bridgehead atoms. The van der Waals surface area contributed by atoms with E-state index >= 15 is 0 Å². The highest BCUT2D eigenvalue weighted by Crippen LogP contribution is 2.36. The van der Waals surface area contributed by atoms with Crippen molar-refractivity contribution in [3.63, 3.8) is 0 Å². The molecule has 0 amide bonds. The minimum Gasteiger partial charge on any atom is -0.480 e. The molecular formula is C18H14ClF2N7O. The van der Waals surface area contributed by atoms with Crippen LogP contribution >= 0.6 is 11.6 Å². The first-order valence-electron chi connectivity index (χ1n) is 8.45. The fourth-order valence-electron chi connectivity index (χ4n) is 2.82. The quantitative estimate of drug-likeness (QED) is 0.522. The van der Waals surface area contributed by atoms with Gasteiger partial charge in [-0.25, -0.2) is 15.0 Å². The average molecular weight is 418 g/mol. The number of benzene rings is 1. The molecule has 0 unspecified atom stereocenters. The summed E-state index contributed by atoms with van der Waals surface area (Å²) in [5.74, 6) is 0.562. The number of pyridine rings is 1. The van der Waals surface area contributed by atoms with Gasteiger partial charge in [-0.1, -0.05) is 23.7 Å². The Labute approximate surface area is 168 Å². The lowest BCUT2D eigenvalue weighted by Gasteiger charge is -2.15. The normalized spacial score (nSPS) is 12.4. The van der Waals surface area contributed by atoms with E-state index in [0.717, 1.165) is 11.9 Å². The molecule has 4 aromatic rings. The van der Waals surface area contributed by atoms with Gasteiger partial charge in [0.2, 0.25) is 0 Å². The number of fused-ring (bicyclic) bond motifs is 1. The van der Waals surface area contributed by atoms with E-state index in [1.54, 1.807) is 25.1 Å². The minimum atomic E-state index is -2.79. The third kappa shape index (κ3) is 3.66. The summed E-state index contributed by atoms with van der Waals surface area (Å²) in [4.78, 5) is 16.6. The second-order valence-electron chi connectivity index (χ2n) is 6.08. The number of hydrogen-bond acceptors (Lipinski definition) is 7. The molecule has 148 valence electrons. The Morgan fingerprint density at radius 2 is 2.00 bits per heavy atom. The zero-order valence-corrected chi connectivity index (χ0v) is 15.8. The second-order valence-corrected chi connectivity index (χ2v) is 6.52. The molecule has 29 heavy (non-hydrogen) atoms. The molecule has 3 heterocycles. The molecule has 0 fully saturated rings. The molecule has 1 aromatic carbocycles. The molecule has 0 spiro atoms. The van der Waals surface area contributed by atoms with E-state index in [1.165, 1.54) is 12.5 Å². The highest BCUT2D eigenvalue weighted by Gasteiger charge is 2.20. The summed E-state index contributed by atoms with van der Waals surface area (Å²) in [5, 5.41) is 4.71. The van der Waals surface area contributed by atoms with E-state index in [2.05, 4.69) is 25.0 Å². The molecule has 8 nitrogen and oxygen atoms in total. The topological polar surface area (TPSA) is 105 Å². The SMILES string of the molecule is C[C@@H](Oc1cnc(-c2cccc(Cl)c2)c2ncnc(N)c12)c1ncn(C(F)F)n1. The van der Waals surface area contributed by atoms with Gasteiger partial charge in [-0.15, -0.1) is 5.10 Å². The first-order valence-corrected chi connectivity index (χ1v) is 8.83. The first kappa shape index (κ1) is 18.9. The van der Waals surface area contributed by atoms with Crippen molar-refractivity contribution in [3.05, 3.63) is 54.0 Å². The predicted octanol–water partition coefficient (Wildman–Crippen LogP) is 4.05. The van der Waals surface area contributed by atoms with Gasteiger partial charge in [-0.2, -0.15) is 13.5 Å². The van der Waals surface area contributed by atoms with Crippen LogP contribution in [0.4, 0.5) is 14.6 Å². The number of aromatic nitrogens is 6. The van der Waals surface area contributed by atoms with Gasteiger partial charge in [0.1, 0.15) is 24.0 Å². The van der Waals surface area contributed by atoms with E-state index < -0.39 is 12.7 Å². The molecule has 0 aliphatic rings. The van der Waals surface area contributed by atoms with Crippen LogP contribution in [0.2, 0.25) is 5.02 Å². The summed E-state index contributed by atoms with van der Waals surface area (Å²) in [7, 11) is 0. The molecule has 0 radical (unpaired) electrons. The fraction of sp³-hybridized carbons (Fsp3) is 0.167. The number of nitrogens with two attached hydrogens (primary N) is 1. The number of nitrogens with zero attached hydrogens (tertiary/aromatic N) is 6. The number of rotatable bonds is 5. The van der Waals surface area contributed by atoms with Crippen molar-refractivity contribution >= 4 is 28.3 Å². The highest BCUT2D eigenvalue weighted by atomic mass is 35.5. The van der Waals surface area contributed by atoms with Gasteiger partial charge in [0.15, 0.2) is 17.7 Å². The Morgan fingerprint density at radius 1 is 1.17 bits per heavy atom. The smallest absolute Gasteiger partial charge is 0.334 e. The van der Waals surface area contributed by atoms with Crippen LogP contribution in [0.25, 0.3) is 22.2 Å². The Hall–Kier alpha value is -3.40. The Bertz CT molecular complexity index is 1180. The summed E-state index contributed by atoms with van der Waals surface area (Å²) in [6.07, 6.45) is 3.00. The number of hydrogen-bond donors (Lipinski definition) is 1. The Kier molecular flexibility index (Phi) is 4.93. The number of nitrogen functional groups attached to an aromatic ring is 1. The van der Waals surface area contributed by atoms with Gasteiger partial charge in [-0.3, -0.25) is 4.98 Å². The first-order chi connectivity index (χ1) is 13.9. The van der Waals surface area contributed by atoms with E-state index in [1.807, 2.05) is 6.07 Å². The predicted molar refractivity (Wildman–Crippen MR) is 103 cm³/mol. The maximum atomic E-state index is 12.7. The van der Waals surface area contributed by atoms with Crippen molar-refractivity contribution < 1.29 is 13.5 Å². The van der Waals surface area contributed by atoms with Crippen LogP contribution in [-0.4, -0.2) is 29.7 Å². The van der Waals surface area contributed by atoms with Crippen molar-refractivity contribution in [2.24, 2.45) is 0 Å². The third-order valence-corrected chi connectivity index (χ3v) is 4.38. The summed E-state index contributed by atoms with van der Waals surface area (Å²) in [5.41, 5.74) is 7.84. The van der Waals surface area contributed by atoms with Crippen LogP contribution in [0.3, 0.4) is 0 Å². The summed E-state index contributed by atoms with van der Waals surface area (Å²) >= 11 is 6.09. The van der Waals surface area contributed by atoms with Crippen molar-refractivity contribution in [1.82, 2.24) is 29.7 Å². The summed E-state index contributed by atoms with van der Waals surface area (Å²) in [6.45, 7) is -1.16. The van der Waals surface area contributed by atoms with Gasteiger partial charge >= 0.3 is 6.55 Å². The lowest BCUT2D eigenvalue weighted by atomic mass is 10.1. The number of ether oxygens (including phenoxy) is 1. The highest BCUT2D eigenvalue weighted by molar-refractivity contribution is 6.30. The molecule has 0 aliphatic heterocycles. The molecule has 0 aliphatic carbocycles. The van der Waals surface area contributed by atoms with Crippen molar-refractivity contribution in [2.45, 2.75) is 19.6 Å². The van der Waals surface area contributed by atoms with Crippen molar-refractivity contribution in [1.29, 1.82) is 0 Å². The fourth-order valence-corrected chi connectivity index (χ4v) is 3.01. The molecule has 0 saturated carbocycles. The standard InChI is InChI=1S/C18H14ClF2N7O/c1-9(17-26-8-28(27-17)18(20)21)29-12-6-23-14(10-3-2-4-11(19)5-10)15-13(12)16(22)25-7-24-15/h2-9,18H,1H3,(H2,22,24,25)/t9-/m1/s1. The van der Waals surface area contributed by atoms with Crippen LogP contribution in [-0.2, 0) is 0 Å². The maximum absolute atomic E-state index is 12.7. The molecule has 2 N–H and O–H groups in total. The van der Waals surface area contributed by atoms with E-state index in [-0.39, 0.29) is 17.4 Å². The number of anilines is 1. The monoisotopic (exact) mass is 417 g/mol. The minimum absolute atomic E-state index is 0.0905. The van der Waals surface area contributed by atoms with Gasteiger partial charge in [0, 0.05) is 10.6 Å². The van der Waals surface area contributed by atoms with Crippen LogP contribution in [0.15, 0.2) is 43.1 Å². The van der Waals surface area contributed by atoms with Crippen molar-refractivity contribution in [3.8, 4) is 17.0 Å². The molecule has 3 aromatic heterocycles. The molecule has 0 saturated heterocycles. The van der Waals surface area contributed by atoms with Gasteiger partial charge in [0.25, 0.3) is 0 Å². The molecule has 1 atom stereocenters. The van der Waals surface area contributed by atoms with E-state index in [4.69, 9.17) is 22.1 Å². The molecule has 4 rings (SSSR count). The molecular weight excluding hydrogens is 404 g/mol. The summed E-state index contributed by atoms with van der Waals surface area (Å²) in [6, 6.07) is 7.15. The van der Waals surface area contributed by atoms with Crippen LogP contribution in [0.5, 0.6) is 5.75 Å². The van der Waals surface area contributed by atoms with Gasteiger partial charge in [0.05, 0.1) is 17.3 Å². The van der Waals surface area contributed by atoms with Crippen LogP contribution < -0.4 is 10.5 Å². The van der Waals surface area contributed by atoms with Crippen LogP contribution in [0.1, 0.15) is 25.4 Å². The largest absolute Gasteiger partial charge is 0.480 e. The lowest BCUT2D eigenvalue weighted by molar-refractivity contribution is 0.0550. The average Bonchev–Trinajstić information content (AvgIpc) is 3.19. The number of alkyl halides is 2.